The van der Waals surface area contributed by atoms with Crippen LogP contribution in [-0.4, -0.2) is 15.0 Å². The number of nitrogens with zero attached hydrogens (tertiary/aromatic N) is 3. The lowest BCUT2D eigenvalue weighted by Crippen LogP contribution is -2.02. The molecule has 0 saturated heterocycles. The number of benzene rings is 8. The van der Waals surface area contributed by atoms with E-state index in [1.807, 2.05) is 30.3 Å². The Morgan fingerprint density at radius 3 is 1.86 bits per heavy atom. The van der Waals surface area contributed by atoms with E-state index in [1.165, 1.54) is 32.8 Å². The van der Waals surface area contributed by atoms with Crippen molar-refractivity contribution >= 4 is 43.5 Å². The summed E-state index contributed by atoms with van der Waals surface area (Å²) < 4.78 is 6.31. The normalized spacial score (nSPS) is 11.9. The number of rotatable bonds is 4. The second kappa shape index (κ2) is 10.8. The summed E-state index contributed by atoms with van der Waals surface area (Å²) in [5.74, 6) is 1.86. The van der Waals surface area contributed by atoms with Gasteiger partial charge in [0.15, 0.2) is 17.5 Å². The summed E-state index contributed by atoms with van der Waals surface area (Å²) in [6, 6.07) is 57.4. The zero-order chi connectivity index (χ0) is 33.5. The largest absolute Gasteiger partial charge is 0.456 e. The third-order valence-corrected chi connectivity index (χ3v) is 10.2. The fourth-order valence-corrected chi connectivity index (χ4v) is 7.93. The van der Waals surface area contributed by atoms with E-state index in [-0.39, 0.29) is 0 Å². The Bertz CT molecular complexity index is 3030. The van der Waals surface area contributed by atoms with Gasteiger partial charge in [-0.1, -0.05) is 133 Å². The van der Waals surface area contributed by atoms with Crippen molar-refractivity contribution < 1.29 is 4.42 Å². The summed E-state index contributed by atoms with van der Waals surface area (Å²) in [7, 11) is 0. The molecular weight excluding hydrogens is 623 g/mol. The molecule has 0 unspecified atom stereocenters. The first-order chi connectivity index (χ1) is 25.3. The molecule has 10 aromatic rings. The number of para-hydroxylation sites is 1. The van der Waals surface area contributed by atoms with Gasteiger partial charge in [0.05, 0.1) is 0 Å². The highest BCUT2D eigenvalue weighted by Gasteiger charge is 2.28. The molecule has 8 aromatic carbocycles. The molecule has 0 atom stereocenters. The topological polar surface area (TPSA) is 51.8 Å². The van der Waals surface area contributed by atoms with Crippen molar-refractivity contribution in [2.24, 2.45) is 0 Å². The fourth-order valence-electron chi connectivity index (χ4n) is 7.93. The minimum Gasteiger partial charge on any atom is -0.456 e. The van der Waals surface area contributed by atoms with Crippen LogP contribution in [0.4, 0.5) is 0 Å². The molecule has 0 N–H and O–H groups in total. The smallest absolute Gasteiger partial charge is 0.164 e. The van der Waals surface area contributed by atoms with Gasteiger partial charge >= 0.3 is 0 Å². The van der Waals surface area contributed by atoms with Crippen molar-refractivity contribution in [3.8, 4) is 67.5 Å². The molecule has 1 aliphatic carbocycles. The van der Waals surface area contributed by atoms with Crippen molar-refractivity contribution in [2.75, 3.05) is 0 Å². The number of aromatic nitrogens is 3. The Hall–Kier alpha value is -6.91. The monoisotopic (exact) mass is 649 g/mol. The second-order valence-corrected chi connectivity index (χ2v) is 13.2. The summed E-state index contributed by atoms with van der Waals surface area (Å²) >= 11 is 0. The molecule has 0 fully saturated rings. The molecule has 2 aromatic heterocycles. The quantitative estimate of drug-likeness (QED) is 0.190. The SMILES string of the molecule is c1ccc(-c2cc(-c3nc(-c4ccc5ccccc5c4)nc(-c4cccc5oc6ccccc6c45)n3)c3c(c2)-c2cccc4cccc-3c24)cc1. The van der Waals surface area contributed by atoms with Gasteiger partial charge in [-0.3, -0.25) is 0 Å². The Labute approximate surface area is 293 Å². The van der Waals surface area contributed by atoms with Crippen LogP contribution in [-0.2, 0) is 0 Å². The first-order valence-electron chi connectivity index (χ1n) is 17.2. The predicted molar refractivity (Wildman–Crippen MR) is 208 cm³/mol. The fraction of sp³-hybridized carbons (Fsp3) is 0. The zero-order valence-electron chi connectivity index (χ0n) is 27.3. The third-order valence-electron chi connectivity index (χ3n) is 10.2. The Balaban J connectivity index is 1.24. The number of fused-ring (bicyclic) bond motifs is 7. The summed E-state index contributed by atoms with van der Waals surface area (Å²) in [5.41, 5.74) is 11.5. The van der Waals surface area contributed by atoms with Gasteiger partial charge in [-0.05, 0) is 79.7 Å². The first-order valence-corrected chi connectivity index (χ1v) is 17.2. The molecule has 11 rings (SSSR count). The predicted octanol–water partition coefficient (Wildman–Crippen LogP) is 12.4. The standard InChI is InChI=1S/C47H27N3O/c1-2-11-28(12-3-1)33-26-38-34-18-8-15-30-16-9-19-36(42(30)34)43(38)39(27-33)47-49-45(32-24-23-29-13-4-5-14-31(29)25-32)48-46(50-47)37-20-10-22-41-44(37)35-17-6-7-21-40(35)51-41/h1-27H. The molecule has 51 heavy (non-hydrogen) atoms. The average Bonchev–Trinajstić information content (AvgIpc) is 3.74. The lowest BCUT2D eigenvalue weighted by molar-refractivity contribution is 0.669. The van der Waals surface area contributed by atoms with Crippen LogP contribution in [0.3, 0.4) is 0 Å². The molecule has 236 valence electrons. The van der Waals surface area contributed by atoms with Crippen LogP contribution >= 0.6 is 0 Å². The van der Waals surface area contributed by atoms with Gasteiger partial charge in [-0.15, -0.1) is 0 Å². The third kappa shape index (κ3) is 4.30. The molecule has 0 radical (unpaired) electrons. The van der Waals surface area contributed by atoms with E-state index < -0.39 is 0 Å². The lowest BCUT2D eigenvalue weighted by atomic mass is 9.92. The van der Waals surface area contributed by atoms with Crippen LogP contribution in [0.15, 0.2) is 168 Å². The molecule has 0 bridgehead atoms. The average molecular weight is 650 g/mol. The van der Waals surface area contributed by atoms with Crippen molar-refractivity contribution in [1.29, 1.82) is 0 Å². The van der Waals surface area contributed by atoms with Crippen molar-refractivity contribution in [2.45, 2.75) is 0 Å². The minimum atomic E-state index is 0.605. The molecule has 4 heteroatoms. The highest BCUT2D eigenvalue weighted by Crippen LogP contribution is 2.52. The van der Waals surface area contributed by atoms with Gasteiger partial charge in [0.2, 0.25) is 0 Å². The Kier molecular flexibility index (Phi) is 5.92. The Morgan fingerprint density at radius 2 is 0.980 bits per heavy atom. The Morgan fingerprint density at radius 1 is 0.333 bits per heavy atom. The van der Waals surface area contributed by atoms with Gasteiger partial charge in [0.1, 0.15) is 11.2 Å². The van der Waals surface area contributed by atoms with Gasteiger partial charge in [0, 0.05) is 33.0 Å². The molecular formula is C47H27N3O. The summed E-state index contributed by atoms with van der Waals surface area (Å²) in [6.45, 7) is 0. The number of hydrogen-bond acceptors (Lipinski definition) is 4. The van der Waals surface area contributed by atoms with Crippen LogP contribution in [0.2, 0.25) is 0 Å². The van der Waals surface area contributed by atoms with Crippen molar-refractivity contribution in [1.82, 2.24) is 15.0 Å². The zero-order valence-corrected chi connectivity index (χ0v) is 27.3. The van der Waals surface area contributed by atoms with E-state index in [1.54, 1.807) is 0 Å². The summed E-state index contributed by atoms with van der Waals surface area (Å²) in [6.07, 6.45) is 0. The van der Waals surface area contributed by atoms with Crippen LogP contribution in [0, 0.1) is 0 Å². The van der Waals surface area contributed by atoms with Gasteiger partial charge in [0.25, 0.3) is 0 Å². The van der Waals surface area contributed by atoms with Crippen molar-refractivity contribution in [3.63, 3.8) is 0 Å². The number of furan rings is 1. The molecule has 1 aliphatic rings. The van der Waals surface area contributed by atoms with Crippen LogP contribution in [0.1, 0.15) is 0 Å². The summed E-state index contributed by atoms with van der Waals surface area (Å²) in [4.78, 5) is 15.9. The summed E-state index contributed by atoms with van der Waals surface area (Å²) in [5, 5.41) is 6.82. The van der Waals surface area contributed by atoms with Gasteiger partial charge < -0.3 is 4.42 Å². The first kappa shape index (κ1) is 28.0. The molecule has 0 amide bonds. The lowest BCUT2D eigenvalue weighted by Gasteiger charge is -2.15. The van der Waals surface area contributed by atoms with Gasteiger partial charge in [-0.25, -0.2) is 15.0 Å². The van der Waals surface area contributed by atoms with E-state index in [0.717, 1.165) is 60.7 Å². The highest BCUT2D eigenvalue weighted by molar-refractivity contribution is 6.18. The maximum Gasteiger partial charge on any atom is 0.164 e. The van der Waals surface area contributed by atoms with E-state index in [9.17, 15) is 0 Å². The minimum absolute atomic E-state index is 0.605. The van der Waals surface area contributed by atoms with Crippen LogP contribution in [0.5, 0.6) is 0 Å². The van der Waals surface area contributed by atoms with E-state index in [2.05, 4.69) is 133 Å². The molecule has 0 saturated carbocycles. The second-order valence-electron chi connectivity index (χ2n) is 13.2. The van der Waals surface area contributed by atoms with Crippen LogP contribution < -0.4 is 0 Å². The van der Waals surface area contributed by atoms with Crippen molar-refractivity contribution in [3.05, 3.63) is 164 Å². The van der Waals surface area contributed by atoms with Crippen LogP contribution in [0.25, 0.3) is 111 Å². The number of hydrogen-bond donors (Lipinski definition) is 0. The van der Waals surface area contributed by atoms with Gasteiger partial charge in [-0.2, -0.15) is 0 Å². The molecule has 0 aliphatic heterocycles. The van der Waals surface area contributed by atoms with E-state index in [0.29, 0.717) is 17.5 Å². The highest BCUT2D eigenvalue weighted by atomic mass is 16.3. The maximum absolute atomic E-state index is 6.31. The van der Waals surface area contributed by atoms with E-state index >= 15 is 0 Å². The van der Waals surface area contributed by atoms with E-state index in [4.69, 9.17) is 19.4 Å². The maximum atomic E-state index is 6.31. The molecule has 2 heterocycles. The molecule has 0 spiro atoms. The molecule has 4 nitrogen and oxygen atoms in total.